The van der Waals surface area contributed by atoms with Crippen LogP contribution in [0, 0.1) is 0 Å². The SMILES string of the molecule is CC(=O)N1CCc2ccccc2C1CC(=O)NC(C)CO. The monoisotopic (exact) mass is 290 g/mol. The zero-order chi connectivity index (χ0) is 15.4. The van der Waals surface area contributed by atoms with Gasteiger partial charge in [-0.15, -0.1) is 0 Å². The number of amides is 2. The summed E-state index contributed by atoms with van der Waals surface area (Å²) in [6.45, 7) is 3.83. The summed E-state index contributed by atoms with van der Waals surface area (Å²) in [5.74, 6) is -0.165. The van der Waals surface area contributed by atoms with Gasteiger partial charge in [0.15, 0.2) is 0 Å². The molecule has 5 heteroatoms. The van der Waals surface area contributed by atoms with E-state index < -0.39 is 0 Å². The number of carbonyl (C=O) groups excluding carboxylic acids is 2. The number of carbonyl (C=O) groups is 2. The lowest BCUT2D eigenvalue weighted by Gasteiger charge is -2.36. The number of aliphatic hydroxyl groups excluding tert-OH is 1. The summed E-state index contributed by atoms with van der Waals surface area (Å²) in [5.41, 5.74) is 2.24. The van der Waals surface area contributed by atoms with E-state index in [1.165, 1.54) is 12.5 Å². The van der Waals surface area contributed by atoms with E-state index in [4.69, 9.17) is 5.11 Å². The van der Waals surface area contributed by atoms with Gasteiger partial charge >= 0.3 is 0 Å². The summed E-state index contributed by atoms with van der Waals surface area (Å²) in [6, 6.07) is 7.45. The Hall–Kier alpha value is -1.88. The van der Waals surface area contributed by atoms with Crippen LogP contribution in [0.3, 0.4) is 0 Å². The van der Waals surface area contributed by atoms with Crippen molar-refractivity contribution in [3.8, 4) is 0 Å². The van der Waals surface area contributed by atoms with E-state index >= 15 is 0 Å². The van der Waals surface area contributed by atoms with E-state index in [1.807, 2.05) is 24.3 Å². The van der Waals surface area contributed by atoms with Gasteiger partial charge < -0.3 is 15.3 Å². The van der Waals surface area contributed by atoms with Crippen LogP contribution in [0.15, 0.2) is 24.3 Å². The molecule has 0 bridgehead atoms. The number of fused-ring (bicyclic) bond motifs is 1. The maximum Gasteiger partial charge on any atom is 0.222 e. The molecule has 1 aromatic rings. The van der Waals surface area contributed by atoms with Crippen molar-refractivity contribution < 1.29 is 14.7 Å². The van der Waals surface area contributed by atoms with Crippen molar-refractivity contribution in [1.29, 1.82) is 0 Å². The van der Waals surface area contributed by atoms with Gasteiger partial charge in [0.25, 0.3) is 0 Å². The van der Waals surface area contributed by atoms with Gasteiger partial charge in [-0.1, -0.05) is 24.3 Å². The van der Waals surface area contributed by atoms with E-state index in [9.17, 15) is 9.59 Å². The van der Waals surface area contributed by atoms with Gasteiger partial charge in [-0.05, 0) is 24.5 Å². The van der Waals surface area contributed by atoms with Crippen molar-refractivity contribution in [2.75, 3.05) is 13.2 Å². The number of nitrogens with one attached hydrogen (secondary N) is 1. The van der Waals surface area contributed by atoms with Gasteiger partial charge in [-0.25, -0.2) is 0 Å². The Morgan fingerprint density at radius 1 is 1.43 bits per heavy atom. The number of hydrogen-bond donors (Lipinski definition) is 2. The van der Waals surface area contributed by atoms with Gasteiger partial charge in [0.1, 0.15) is 0 Å². The molecule has 0 saturated carbocycles. The second kappa shape index (κ2) is 6.72. The summed E-state index contributed by atoms with van der Waals surface area (Å²) in [4.78, 5) is 25.7. The Kier molecular flexibility index (Phi) is 4.96. The summed E-state index contributed by atoms with van der Waals surface area (Å²) in [6.07, 6.45) is 1.04. The van der Waals surface area contributed by atoms with E-state index in [1.54, 1.807) is 11.8 Å². The summed E-state index contributed by atoms with van der Waals surface area (Å²) < 4.78 is 0. The third kappa shape index (κ3) is 3.61. The van der Waals surface area contributed by atoms with Crippen molar-refractivity contribution in [1.82, 2.24) is 10.2 Å². The summed E-state index contributed by atoms with van der Waals surface area (Å²) >= 11 is 0. The van der Waals surface area contributed by atoms with Crippen LogP contribution in [0.4, 0.5) is 0 Å². The first-order chi connectivity index (χ1) is 10.0. The van der Waals surface area contributed by atoms with Crippen LogP contribution in [0.1, 0.15) is 37.4 Å². The molecule has 0 aliphatic carbocycles. The molecule has 0 saturated heterocycles. The molecule has 2 amide bonds. The Labute approximate surface area is 125 Å². The van der Waals surface area contributed by atoms with Crippen LogP contribution in [0.25, 0.3) is 0 Å². The minimum absolute atomic E-state index is 0.0162. The van der Waals surface area contributed by atoms with Gasteiger partial charge in [0.2, 0.25) is 11.8 Å². The highest BCUT2D eigenvalue weighted by Gasteiger charge is 2.30. The number of aliphatic hydroxyl groups is 1. The molecule has 2 unspecified atom stereocenters. The number of nitrogens with zero attached hydrogens (tertiary/aromatic N) is 1. The molecule has 1 aliphatic rings. The first kappa shape index (κ1) is 15.5. The second-order valence-electron chi connectivity index (χ2n) is 5.53. The number of rotatable bonds is 4. The van der Waals surface area contributed by atoms with Gasteiger partial charge in [-0.2, -0.15) is 0 Å². The molecule has 2 N–H and O–H groups in total. The lowest BCUT2D eigenvalue weighted by atomic mass is 9.90. The van der Waals surface area contributed by atoms with Crippen molar-refractivity contribution >= 4 is 11.8 Å². The first-order valence-electron chi connectivity index (χ1n) is 7.28. The zero-order valence-electron chi connectivity index (χ0n) is 12.5. The first-order valence-corrected chi connectivity index (χ1v) is 7.28. The molecule has 21 heavy (non-hydrogen) atoms. The minimum atomic E-state index is -0.276. The van der Waals surface area contributed by atoms with E-state index in [2.05, 4.69) is 5.32 Å². The van der Waals surface area contributed by atoms with Gasteiger partial charge in [0, 0.05) is 19.5 Å². The topological polar surface area (TPSA) is 69.6 Å². The van der Waals surface area contributed by atoms with Crippen LogP contribution >= 0.6 is 0 Å². The number of benzene rings is 1. The molecule has 1 aromatic carbocycles. The molecule has 0 aromatic heterocycles. The Morgan fingerprint density at radius 2 is 2.14 bits per heavy atom. The second-order valence-corrected chi connectivity index (χ2v) is 5.53. The fraction of sp³-hybridized carbons (Fsp3) is 0.500. The highest BCUT2D eigenvalue weighted by molar-refractivity contribution is 5.79. The molecule has 114 valence electrons. The molecule has 2 rings (SSSR count). The van der Waals surface area contributed by atoms with E-state index in [0.29, 0.717) is 6.54 Å². The quantitative estimate of drug-likeness (QED) is 0.870. The maximum absolute atomic E-state index is 12.1. The van der Waals surface area contributed by atoms with Crippen LogP contribution in [-0.2, 0) is 16.0 Å². The molecule has 0 fully saturated rings. The van der Waals surface area contributed by atoms with Gasteiger partial charge in [0.05, 0.1) is 19.1 Å². The molecule has 2 atom stereocenters. The third-order valence-electron chi connectivity index (χ3n) is 3.88. The predicted molar refractivity (Wildman–Crippen MR) is 79.6 cm³/mol. The average molecular weight is 290 g/mol. The fourth-order valence-electron chi connectivity index (χ4n) is 2.80. The van der Waals surface area contributed by atoms with E-state index in [-0.39, 0.29) is 36.9 Å². The highest BCUT2D eigenvalue weighted by atomic mass is 16.3. The Balaban J connectivity index is 2.20. The third-order valence-corrected chi connectivity index (χ3v) is 3.88. The molecule has 1 heterocycles. The highest BCUT2D eigenvalue weighted by Crippen LogP contribution is 2.32. The molecule has 5 nitrogen and oxygen atoms in total. The Morgan fingerprint density at radius 3 is 2.81 bits per heavy atom. The van der Waals surface area contributed by atoms with Crippen LogP contribution in [0.2, 0.25) is 0 Å². The molecule has 0 spiro atoms. The van der Waals surface area contributed by atoms with Gasteiger partial charge in [-0.3, -0.25) is 9.59 Å². The average Bonchev–Trinajstić information content (AvgIpc) is 2.47. The van der Waals surface area contributed by atoms with E-state index in [0.717, 1.165) is 12.0 Å². The predicted octanol–water partition coefficient (Wildman–Crippen LogP) is 1.02. The zero-order valence-corrected chi connectivity index (χ0v) is 12.5. The minimum Gasteiger partial charge on any atom is -0.394 e. The smallest absolute Gasteiger partial charge is 0.222 e. The molecular weight excluding hydrogens is 268 g/mol. The summed E-state index contributed by atoms with van der Waals surface area (Å²) in [5, 5.41) is 11.7. The lowest BCUT2D eigenvalue weighted by Crippen LogP contribution is -2.43. The summed E-state index contributed by atoms with van der Waals surface area (Å²) in [7, 11) is 0. The fourth-order valence-corrected chi connectivity index (χ4v) is 2.80. The van der Waals surface area contributed by atoms with Crippen LogP contribution < -0.4 is 5.32 Å². The van der Waals surface area contributed by atoms with Crippen molar-refractivity contribution in [2.24, 2.45) is 0 Å². The standard InChI is InChI=1S/C16H22N2O3/c1-11(10-19)17-16(21)9-15-14-6-4-3-5-13(14)7-8-18(15)12(2)20/h3-6,11,15,19H,7-10H2,1-2H3,(H,17,21). The van der Waals surface area contributed by atoms with Crippen molar-refractivity contribution in [2.45, 2.75) is 38.8 Å². The normalized spacial score (nSPS) is 18.8. The molecule has 0 radical (unpaired) electrons. The maximum atomic E-state index is 12.1. The van der Waals surface area contributed by atoms with Crippen LogP contribution in [0.5, 0.6) is 0 Å². The molecule has 1 aliphatic heterocycles. The Bertz CT molecular complexity index is 530. The number of hydrogen-bond acceptors (Lipinski definition) is 3. The lowest BCUT2D eigenvalue weighted by molar-refractivity contribution is -0.133. The van der Waals surface area contributed by atoms with Crippen molar-refractivity contribution in [3.63, 3.8) is 0 Å². The largest absolute Gasteiger partial charge is 0.394 e. The molecular formula is C16H22N2O3. The van der Waals surface area contributed by atoms with Crippen LogP contribution in [-0.4, -0.2) is 41.0 Å². The van der Waals surface area contributed by atoms with Crippen molar-refractivity contribution in [3.05, 3.63) is 35.4 Å².